The summed E-state index contributed by atoms with van der Waals surface area (Å²) in [5.41, 5.74) is 0.406. The molecule has 0 bridgehead atoms. The van der Waals surface area contributed by atoms with Crippen LogP contribution in [0.25, 0.3) is 11.0 Å². The summed E-state index contributed by atoms with van der Waals surface area (Å²) in [5.74, 6) is 0.623. The first-order valence-corrected chi connectivity index (χ1v) is 13.3. The van der Waals surface area contributed by atoms with Gasteiger partial charge in [0, 0.05) is 6.04 Å². The van der Waals surface area contributed by atoms with Crippen LogP contribution in [0.15, 0.2) is 10.9 Å². The van der Waals surface area contributed by atoms with Gasteiger partial charge in [0.05, 0.1) is 18.2 Å². The number of nitrogens with one attached hydrogen (secondary N) is 1. The van der Waals surface area contributed by atoms with Crippen molar-refractivity contribution < 1.29 is 34.0 Å². The Morgan fingerprint density at radius 2 is 2.00 bits per heavy atom. The summed E-state index contributed by atoms with van der Waals surface area (Å²) in [7, 11) is -4.57. The zero-order valence-electron chi connectivity index (χ0n) is 18.3. The topological polar surface area (TPSA) is 172 Å². The van der Waals surface area contributed by atoms with Crippen LogP contribution in [0.1, 0.15) is 52.2 Å². The molecule has 0 spiro atoms. The summed E-state index contributed by atoms with van der Waals surface area (Å²) in [6.45, 7) is 2.57. The number of nitrogens with zero attached hydrogens (tertiary/aromatic N) is 4. The van der Waals surface area contributed by atoms with Crippen LogP contribution in [0.2, 0.25) is 0 Å². The van der Waals surface area contributed by atoms with Gasteiger partial charge in [0.15, 0.2) is 17.2 Å². The maximum Gasteiger partial charge on any atom is 0.356 e. The molecule has 0 radical (unpaired) electrons. The van der Waals surface area contributed by atoms with Gasteiger partial charge in [-0.1, -0.05) is 19.8 Å². The molecule has 12 nitrogen and oxygen atoms in total. The Hall–Kier alpha value is -1.18. The standard InChI is InChI=1S/C19H29BrN5O7P/c1-3-19(2,33(28,29)30)31-9-12-13(26)14(27)17(32-12)25-16-11(8-21-25)15(23-18(20)24-16)22-10-6-4-5-7-10/h8,10,12-14,17,26-27H,3-7,9H2,1-2H3,(H,22,23,24)(H2,28,29,30)/t12-,13-,14-,17-,19?/m1/s1. The first kappa shape index (κ1) is 24.9. The number of aliphatic hydroxyl groups is 2. The minimum atomic E-state index is -4.57. The third kappa shape index (κ3) is 4.83. The third-order valence-electron chi connectivity index (χ3n) is 6.53. The highest BCUT2D eigenvalue weighted by molar-refractivity contribution is 9.10. The number of aliphatic hydroxyl groups excluding tert-OH is 2. The molecular formula is C19H29BrN5O7P. The lowest BCUT2D eigenvalue weighted by Crippen LogP contribution is -2.37. The van der Waals surface area contributed by atoms with Gasteiger partial charge in [0.25, 0.3) is 0 Å². The van der Waals surface area contributed by atoms with Gasteiger partial charge < -0.3 is 34.8 Å². The Kier molecular flexibility index (Phi) is 7.15. The van der Waals surface area contributed by atoms with Crippen LogP contribution in [-0.4, -0.2) is 76.1 Å². The molecule has 1 unspecified atom stereocenters. The Balaban J connectivity index is 1.56. The van der Waals surface area contributed by atoms with Crippen LogP contribution < -0.4 is 5.32 Å². The van der Waals surface area contributed by atoms with E-state index in [1.165, 1.54) is 11.6 Å². The third-order valence-corrected chi connectivity index (χ3v) is 8.56. The number of anilines is 1. The molecule has 1 aliphatic carbocycles. The molecule has 1 aliphatic heterocycles. The molecule has 1 saturated carbocycles. The van der Waals surface area contributed by atoms with Crippen molar-refractivity contribution in [3.05, 3.63) is 10.9 Å². The molecule has 2 fully saturated rings. The molecule has 0 amide bonds. The summed E-state index contributed by atoms with van der Waals surface area (Å²) in [6, 6.07) is 0.317. The molecule has 2 aromatic rings. The van der Waals surface area contributed by atoms with Crippen LogP contribution in [0.3, 0.4) is 0 Å². The number of aromatic nitrogens is 4. The van der Waals surface area contributed by atoms with E-state index in [1.54, 1.807) is 13.1 Å². The number of fused-ring (bicyclic) bond motifs is 1. The highest BCUT2D eigenvalue weighted by Crippen LogP contribution is 2.53. The maximum atomic E-state index is 11.8. The summed E-state index contributed by atoms with van der Waals surface area (Å²) in [4.78, 5) is 28.0. The van der Waals surface area contributed by atoms with Crippen molar-refractivity contribution >= 4 is 40.4 Å². The van der Waals surface area contributed by atoms with Gasteiger partial charge in [-0.05, 0) is 42.1 Å². The lowest BCUT2D eigenvalue weighted by atomic mass is 10.1. The predicted molar refractivity (Wildman–Crippen MR) is 122 cm³/mol. The zero-order chi connectivity index (χ0) is 24.0. The Morgan fingerprint density at radius 3 is 2.64 bits per heavy atom. The van der Waals surface area contributed by atoms with Crippen LogP contribution >= 0.6 is 23.5 Å². The number of ether oxygens (including phenoxy) is 2. The van der Waals surface area contributed by atoms with Crippen LogP contribution in [0.4, 0.5) is 5.82 Å². The molecular weight excluding hydrogens is 521 g/mol. The Bertz CT molecular complexity index is 1040. The molecule has 3 heterocycles. The van der Waals surface area contributed by atoms with Gasteiger partial charge in [-0.2, -0.15) is 5.10 Å². The first-order valence-electron chi connectivity index (χ1n) is 10.9. The van der Waals surface area contributed by atoms with Crippen LogP contribution in [-0.2, 0) is 14.0 Å². The van der Waals surface area contributed by atoms with Gasteiger partial charge in [0.2, 0.25) is 4.73 Å². The Morgan fingerprint density at radius 1 is 1.30 bits per heavy atom. The second-order valence-corrected chi connectivity index (χ2v) is 11.5. The number of rotatable bonds is 8. The van der Waals surface area contributed by atoms with Crippen molar-refractivity contribution in [1.29, 1.82) is 0 Å². The Labute approximate surface area is 199 Å². The van der Waals surface area contributed by atoms with E-state index in [4.69, 9.17) is 9.47 Å². The fourth-order valence-electron chi connectivity index (χ4n) is 4.18. The average Bonchev–Trinajstić information content (AvgIpc) is 3.47. The van der Waals surface area contributed by atoms with Crippen LogP contribution in [0.5, 0.6) is 0 Å². The van der Waals surface area contributed by atoms with E-state index in [0.717, 1.165) is 25.7 Å². The van der Waals surface area contributed by atoms with E-state index in [-0.39, 0.29) is 13.0 Å². The number of hydrogen-bond donors (Lipinski definition) is 5. The van der Waals surface area contributed by atoms with E-state index in [1.807, 2.05) is 0 Å². The van der Waals surface area contributed by atoms with Gasteiger partial charge in [-0.25, -0.2) is 14.6 Å². The molecule has 33 heavy (non-hydrogen) atoms. The zero-order valence-corrected chi connectivity index (χ0v) is 20.8. The molecule has 2 aliphatic rings. The van der Waals surface area contributed by atoms with Gasteiger partial charge >= 0.3 is 7.60 Å². The second-order valence-electron chi connectivity index (χ2n) is 8.72. The molecule has 5 atom stereocenters. The monoisotopic (exact) mass is 549 g/mol. The lowest BCUT2D eigenvalue weighted by molar-refractivity contribution is -0.0950. The summed E-state index contributed by atoms with van der Waals surface area (Å²) in [5, 5.41) is 27.9. The molecule has 184 valence electrons. The van der Waals surface area contributed by atoms with Gasteiger partial charge in [-0.15, -0.1) is 0 Å². The van der Waals surface area contributed by atoms with Crippen molar-refractivity contribution in [3.63, 3.8) is 0 Å². The first-order chi connectivity index (χ1) is 15.5. The number of halogens is 1. The predicted octanol–water partition coefficient (Wildman–Crippen LogP) is 1.88. The molecule has 14 heteroatoms. The van der Waals surface area contributed by atoms with E-state index < -0.39 is 37.5 Å². The average molecular weight is 550 g/mol. The van der Waals surface area contributed by atoms with E-state index in [0.29, 0.717) is 27.6 Å². The van der Waals surface area contributed by atoms with Gasteiger partial charge in [0.1, 0.15) is 24.1 Å². The maximum absolute atomic E-state index is 11.8. The highest BCUT2D eigenvalue weighted by atomic mass is 79.9. The van der Waals surface area contributed by atoms with E-state index >= 15 is 0 Å². The van der Waals surface area contributed by atoms with Crippen molar-refractivity contribution in [2.75, 3.05) is 11.9 Å². The van der Waals surface area contributed by atoms with E-state index in [2.05, 4.69) is 36.3 Å². The van der Waals surface area contributed by atoms with Crippen molar-refractivity contribution in [2.24, 2.45) is 0 Å². The van der Waals surface area contributed by atoms with Crippen molar-refractivity contribution in [1.82, 2.24) is 19.7 Å². The van der Waals surface area contributed by atoms with Crippen molar-refractivity contribution in [3.8, 4) is 0 Å². The fourth-order valence-corrected chi connectivity index (χ4v) is 5.18. The normalized spacial score (nSPS) is 28.5. The smallest absolute Gasteiger partial charge is 0.356 e. The summed E-state index contributed by atoms with van der Waals surface area (Å²) >= 11 is 3.32. The largest absolute Gasteiger partial charge is 0.387 e. The SMILES string of the molecule is CCC(C)(OC[C@H]1O[C@@H](n2ncc3c(NC4CCCC4)nc(Br)nc32)[C@H](O)[C@@H]1O)P(=O)(O)O. The molecule has 4 rings (SSSR count). The van der Waals surface area contributed by atoms with Gasteiger partial charge in [-0.3, -0.25) is 4.57 Å². The number of hydrogen-bond acceptors (Lipinski definition) is 9. The highest BCUT2D eigenvalue weighted by Gasteiger charge is 2.48. The molecule has 0 aromatic carbocycles. The molecule has 5 N–H and O–H groups in total. The molecule has 1 saturated heterocycles. The summed E-state index contributed by atoms with van der Waals surface area (Å²) in [6.07, 6.45) is 1.26. The van der Waals surface area contributed by atoms with Crippen LogP contribution in [0, 0.1) is 0 Å². The minimum absolute atomic E-state index is 0.0532. The fraction of sp³-hybridized carbons (Fsp3) is 0.737. The minimum Gasteiger partial charge on any atom is -0.387 e. The molecule has 2 aromatic heterocycles. The lowest BCUT2D eigenvalue weighted by Gasteiger charge is -2.30. The van der Waals surface area contributed by atoms with Crippen molar-refractivity contribution in [2.45, 2.75) is 81.9 Å². The quantitative estimate of drug-likeness (QED) is 0.240. The second kappa shape index (κ2) is 9.46. The van der Waals surface area contributed by atoms with E-state index in [9.17, 15) is 24.6 Å². The summed E-state index contributed by atoms with van der Waals surface area (Å²) < 4.78 is 24.8.